The van der Waals surface area contributed by atoms with E-state index in [-0.39, 0.29) is 23.1 Å². The Bertz CT molecular complexity index is 1610. The molecule has 2 aliphatic rings. The Morgan fingerprint density at radius 3 is 2.67 bits per heavy atom. The monoisotopic (exact) mass is 541 g/mol. The largest absolute Gasteiger partial charge is 0.494 e. The highest BCUT2D eigenvalue weighted by molar-refractivity contribution is 5.99. The Morgan fingerprint density at radius 2 is 1.98 bits per heavy atom. The smallest absolute Gasteiger partial charge is 0.251 e. The molecule has 1 saturated carbocycles. The van der Waals surface area contributed by atoms with E-state index in [1.165, 1.54) is 12.1 Å². The van der Waals surface area contributed by atoms with E-state index in [2.05, 4.69) is 28.5 Å². The van der Waals surface area contributed by atoms with E-state index in [0.717, 1.165) is 40.7 Å². The summed E-state index contributed by atoms with van der Waals surface area (Å²) in [6.07, 6.45) is 2.13. The zero-order chi connectivity index (χ0) is 28.0. The lowest BCUT2D eigenvalue weighted by atomic mass is 9.82. The van der Waals surface area contributed by atoms with E-state index < -0.39 is 0 Å². The minimum absolute atomic E-state index is 0.00605. The van der Waals surface area contributed by atoms with Crippen molar-refractivity contribution in [3.05, 3.63) is 76.9 Å². The SMILES string of the molecule is COc1cc(C(=O)NC[C@H](c2cc3c(c(-c4ccc(F)cc4)n2)OC[C@]3(C)CN)C2CC2)cc2cc(C)nnc12. The number of rotatable bonds is 8. The van der Waals surface area contributed by atoms with Crippen molar-refractivity contribution in [1.82, 2.24) is 20.5 Å². The van der Waals surface area contributed by atoms with Crippen molar-refractivity contribution in [2.75, 3.05) is 26.8 Å². The van der Waals surface area contributed by atoms with Gasteiger partial charge in [0.25, 0.3) is 5.91 Å². The summed E-state index contributed by atoms with van der Waals surface area (Å²) in [7, 11) is 1.55. The van der Waals surface area contributed by atoms with Gasteiger partial charge in [0, 0.05) is 52.2 Å². The maximum absolute atomic E-state index is 13.7. The number of hydrogen-bond donors (Lipinski definition) is 2. The summed E-state index contributed by atoms with van der Waals surface area (Å²) < 4.78 is 25.3. The van der Waals surface area contributed by atoms with E-state index >= 15 is 0 Å². The van der Waals surface area contributed by atoms with Crippen LogP contribution in [0.3, 0.4) is 0 Å². The number of methoxy groups -OCH3 is 1. The summed E-state index contributed by atoms with van der Waals surface area (Å²) in [6.45, 7) is 5.24. The third-order valence-corrected chi connectivity index (χ3v) is 8.06. The fraction of sp³-hybridized carbons (Fsp3) is 0.355. The van der Waals surface area contributed by atoms with Crippen LogP contribution in [0.2, 0.25) is 0 Å². The number of aromatic nitrogens is 3. The molecule has 2 aromatic heterocycles. The van der Waals surface area contributed by atoms with Crippen molar-refractivity contribution < 1.29 is 18.7 Å². The predicted molar refractivity (Wildman–Crippen MR) is 150 cm³/mol. The summed E-state index contributed by atoms with van der Waals surface area (Å²) >= 11 is 0. The van der Waals surface area contributed by atoms with Gasteiger partial charge in [0.1, 0.15) is 28.5 Å². The highest BCUT2D eigenvalue weighted by Crippen LogP contribution is 2.48. The second-order valence-corrected chi connectivity index (χ2v) is 11.1. The van der Waals surface area contributed by atoms with Gasteiger partial charge in [0.2, 0.25) is 0 Å². The molecule has 2 atom stereocenters. The van der Waals surface area contributed by atoms with Gasteiger partial charge in [-0.05, 0) is 74.2 Å². The molecule has 3 heterocycles. The first-order chi connectivity index (χ1) is 19.3. The molecule has 3 N–H and O–H groups in total. The van der Waals surface area contributed by atoms with E-state index in [1.54, 1.807) is 25.3 Å². The standard InChI is InChI=1S/C31H32FN5O3/c1-17-10-20-11-21(12-26(39-3)27(20)37-36-17)30(38)34-14-23(18-4-5-18)25-13-24-29(40-16-31(24,2)15-33)28(35-25)19-6-8-22(32)9-7-19/h6-13,18,23H,4-5,14-16,33H2,1-3H3,(H,34,38)/t23-,31-/m0/s1. The number of aryl methyl sites for hydroxylation is 1. The Balaban J connectivity index is 1.34. The van der Waals surface area contributed by atoms with Crippen LogP contribution in [0.15, 0.2) is 48.5 Å². The zero-order valence-electron chi connectivity index (χ0n) is 22.8. The van der Waals surface area contributed by atoms with Crippen molar-refractivity contribution in [2.45, 2.75) is 38.0 Å². The Labute approximate surface area is 232 Å². The van der Waals surface area contributed by atoms with Crippen LogP contribution in [0.5, 0.6) is 11.5 Å². The molecule has 4 aromatic rings. The van der Waals surface area contributed by atoms with Gasteiger partial charge in [-0.2, -0.15) is 5.10 Å². The number of nitrogens with one attached hydrogen (secondary N) is 1. The average Bonchev–Trinajstić information content (AvgIpc) is 3.75. The normalized spacial score (nSPS) is 18.7. The molecule has 1 aliphatic carbocycles. The summed E-state index contributed by atoms with van der Waals surface area (Å²) in [4.78, 5) is 18.4. The Morgan fingerprint density at radius 1 is 1.20 bits per heavy atom. The maximum atomic E-state index is 13.7. The second-order valence-electron chi connectivity index (χ2n) is 11.1. The molecule has 0 saturated heterocycles. The van der Waals surface area contributed by atoms with Gasteiger partial charge >= 0.3 is 0 Å². The quantitative estimate of drug-likeness (QED) is 0.333. The summed E-state index contributed by atoms with van der Waals surface area (Å²) in [5, 5.41) is 12.3. The number of ether oxygens (including phenoxy) is 2. The van der Waals surface area contributed by atoms with E-state index in [1.807, 2.05) is 19.1 Å². The third-order valence-electron chi connectivity index (χ3n) is 8.06. The topological polar surface area (TPSA) is 112 Å². The van der Waals surface area contributed by atoms with Crippen molar-refractivity contribution in [1.29, 1.82) is 0 Å². The second kappa shape index (κ2) is 10.1. The Hall–Kier alpha value is -4.11. The molecular weight excluding hydrogens is 509 g/mol. The first-order valence-corrected chi connectivity index (χ1v) is 13.5. The summed E-state index contributed by atoms with van der Waals surface area (Å²) in [5.41, 5.74) is 11.0. The van der Waals surface area contributed by atoms with Crippen LogP contribution in [-0.4, -0.2) is 47.9 Å². The number of amides is 1. The van der Waals surface area contributed by atoms with Crippen molar-refractivity contribution in [3.8, 4) is 22.8 Å². The number of nitrogens with zero attached hydrogens (tertiary/aromatic N) is 3. The number of fused-ring (bicyclic) bond motifs is 2. The number of nitrogens with two attached hydrogens (primary N) is 1. The highest BCUT2D eigenvalue weighted by Gasteiger charge is 2.40. The third kappa shape index (κ3) is 4.75. The molecule has 206 valence electrons. The Kier molecular flexibility index (Phi) is 6.62. The van der Waals surface area contributed by atoms with Crippen LogP contribution >= 0.6 is 0 Å². The van der Waals surface area contributed by atoms with Crippen molar-refractivity contribution in [2.24, 2.45) is 11.7 Å². The minimum Gasteiger partial charge on any atom is -0.494 e. The molecule has 0 bridgehead atoms. The van der Waals surface area contributed by atoms with Crippen molar-refractivity contribution >= 4 is 16.8 Å². The van der Waals surface area contributed by atoms with Crippen LogP contribution in [0.1, 0.15) is 53.0 Å². The molecule has 2 aromatic carbocycles. The van der Waals surface area contributed by atoms with Crippen LogP contribution < -0.4 is 20.5 Å². The number of halogens is 1. The lowest BCUT2D eigenvalue weighted by molar-refractivity contribution is 0.0950. The van der Waals surface area contributed by atoms with E-state index in [0.29, 0.717) is 53.9 Å². The number of carbonyl (C=O) groups is 1. The molecule has 6 rings (SSSR count). The van der Waals surface area contributed by atoms with Crippen LogP contribution in [-0.2, 0) is 5.41 Å². The number of benzene rings is 2. The van der Waals surface area contributed by atoms with Crippen LogP contribution in [0.25, 0.3) is 22.2 Å². The van der Waals surface area contributed by atoms with Gasteiger partial charge in [-0.15, -0.1) is 5.10 Å². The molecule has 0 unspecified atom stereocenters. The minimum atomic E-state index is -0.359. The van der Waals surface area contributed by atoms with E-state index in [9.17, 15) is 9.18 Å². The first kappa shape index (κ1) is 26.1. The number of hydrogen-bond acceptors (Lipinski definition) is 7. The average molecular weight is 542 g/mol. The molecule has 0 spiro atoms. The zero-order valence-corrected chi connectivity index (χ0v) is 22.8. The fourth-order valence-corrected chi connectivity index (χ4v) is 5.45. The van der Waals surface area contributed by atoms with Gasteiger partial charge in [-0.25, -0.2) is 9.37 Å². The van der Waals surface area contributed by atoms with Gasteiger partial charge in [-0.3, -0.25) is 4.79 Å². The number of carbonyl (C=O) groups excluding carboxylic acids is 1. The first-order valence-electron chi connectivity index (χ1n) is 13.5. The van der Waals surface area contributed by atoms with Gasteiger partial charge in [0.15, 0.2) is 0 Å². The molecular formula is C31H32FN5O3. The molecule has 40 heavy (non-hydrogen) atoms. The summed E-state index contributed by atoms with van der Waals surface area (Å²) in [6, 6.07) is 13.8. The van der Waals surface area contributed by atoms with E-state index in [4.69, 9.17) is 20.2 Å². The van der Waals surface area contributed by atoms with Gasteiger partial charge in [-0.1, -0.05) is 6.92 Å². The number of pyridine rings is 1. The maximum Gasteiger partial charge on any atom is 0.251 e. The van der Waals surface area contributed by atoms with Gasteiger partial charge in [0.05, 0.1) is 19.4 Å². The molecule has 1 fully saturated rings. The van der Waals surface area contributed by atoms with Crippen molar-refractivity contribution in [3.63, 3.8) is 0 Å². The highest BCUT2D eigenvalue weighted by atomic mass is 19.1. The fourth-order valence-electron chi connectivity index (χ4n) is 5.45. The molecule has 9 heteroatoms. The predicted octanol–water partition coefficient (Wildman–Crippen LogP) is 4.68. The van der Waals surface area contributed by atoms with Crippen LogP contribution in [0.4, 0.5) is 4.39 Å². The van der Waals surface area contributed by atoms with Crippen LogP contribution in [0, 0.1) is 18.7 Å². The molecule has 0 radical (unpaired) electrons. The molecule has 1 aliphatic heterocycles. The van der Waals surface area contributed by atoms with Gasteiger partial charge < -0.3 is 20.5 Å². The summed E-state index contributed by atoms with van der Waals surface area (Å²) in [5.74, 6) is 1.10. The lowest BCUT2D eigenvalue weighted by Crippen LogP contribution is -2.33. The lowest BCUT2D eigenvalue weighted by Gasteiger charge is -2.23. The molecule has 1 amide bonds. The molecule has 8 nitrogen and oxygen atoms in total.